The third kappa shape index (κ3) is 5.59. The number of ether oxygens (including phenoxy) is 2. The molecule has 2 aromatic carbocycles. The van der Waals surface area contributed by atoms with Gasteiger partial charge < -0.3 is 20.1 Å². The summed E-state index contributed by atoms with van der Waals surface area (Å²) in [6.07, 6.45) is 5.44. The van der Waals surface area contributed by atoms with Gasteiger partial charge >= 0.3 is 5.69 Å². The van der Waals surface area contributed by atoms with Gasteiger partial charge in [0.1, 0.15) is 11.2 Å². The van der Waals surface area contributed by atoms with E-state index >= 15 is 0 Å². The maximum Gasteiger partial charge on any atom is 0.330 e. The third-order valence-electron chi connectivity index (χ3n) is 9.21. The van der Waals surface area contributed by atoms with Crippen LogP contribution in [-0.4, -0.2) is 45.5 Å². The Balaban J connectivity index is 1.24. The second-order valence-corrected chi connectivity index (χ2v) is 12.7. The highest BCUT2D eigenvalue weighted by Gasteiger charge is 2.31. The predicted octanol–water partition coefficient (Wildman–Crippen LogP) is 6.18. The average molecular weight is 674 g/mol. The summed E-state index contributed by atoms with van der Waals surface area (Å²) in [6.45, 7) is 1.57. The lowest BCUT2D eigenvalue weighted by Crippen LogP contribution is -2.37. The Morgan fingerprint density at radius 1 is 0.936 bits per heavy atom. The molecular weight excluding hydrogens is 639 g/mol. The Bertz CT molecular complexity index is 2140. The van der Waals surface area contributed by atoms with Gasteiger partial charge in [0.25, 0.3) is 5.56 Å². The Morgan fingerprint density at radius 3 is 2.43 bits per heavy atom. The smallest absolute Gasteiger partial charge is 0.330 e. The van der Waals surface area contributed by atoms with Crippen molar-refractivity contribution in [3.63, 3.8) is 0 Å². The summed E-state index contributed by atoms with van der Waals surface area (Å²) in [5.74, 6) is 0.896. The fourth-order valence-electron chi connectivity index (χ4n) is 6.74. The van der Waals surface area contributed by atoms with Gasteiger partial charge in [0.2, 0.25) is 5.88 Å². The van der Waals surface area contributed by atoms with Crippen molar-refractivity contribution in [1.82, 2.24) is 24.4 Å². The van der Waals surface area contributed by atoms with Crippen molar-refractivity contribution in [2.75, 3.05) is 25.6 Å². The van der Waals surface area contributed by atoms with Crippen LogP contribution in [0.25, 0.3) is 33.3 Å². The number of benzene rings is 2. The van der Waals surface area contributed by atoms with Crippen LogP contribution in [-0.2, 0) is 25.3 Å². The number of aromatic nitrogens is 4. The summed E-state index contributed by atoms with van der Waals surface area (Å²) in [6, 6.07) is 15.7. The first kappa shape index (κ1) is 31.4. The minimum Gasteiger partial charge on any atom is -0.481 e. The molecule has 5 aromatic rings. The van der Waals surface area contributed by atoms with E-state index in [1.165, 1.54) is 17.2 Å². The van der Waals surface area contributed by atoms with E-state index in [4.69, 9.17) is 37.7 Å². The van der Waals surface area contributed by atoms with E-state index in [0.717, 1.165) is 65.8 Å². The highest BCUT2D eigenvalue weighted by atomic mass is 35.5. The van der Waals surface area contributed by atoms with Crippen molar-refractivity contribution in [3.05, 3.63) is 96.7 Å². The van der Waals surface area contributed by atoms with E-state index < -0.39 is 11.2 Å². The van der Waals surface area contributed by atoms with Gasteiger partial charge in [-0.25, -0.2) is 14.8 Å². The lowest BCUT2D eigenvalue weighted by atomic mass is 9.99. The van der Waals surface area contributed by atoms with Crippen LogP contribution in [0.2, 0.25) is 10.0 Å². The molecule has 7 rings (SSSR count). The van der Waals surface area contributed by atoms with Crippen LogP contribution < -0.4 is 26.6 Å². The van der Waals surface area contributed by atoms with Gasteiger partial charge in [0, 0.05) is 67.8 Å². The first-order valence-corrected chi connectivity index (χ1v) is 16.3. The molecule has 1 saturated heterocycles. The van der Waals surface area contributed by atoms with Gasteiger partial charge in [-0.1, -0.05) is 53.5 Å². The largest absolute Gasteiger partial charge is 0.481 e. The Kier molecular flexibility index (Phi) is 8.52. The molecule has 0 saturated carbocycles. The van der Waals surface area contributed by atoms with E-state index in [1.54, 1.807) is 32.5 Å². The third-order valence-corrected chi connectivity index (χ3v) is 10.0. The van der Waals surface area contributed by atoms with Gasteiger partial charge in [-0.3, -0.25) is 13.9 Å². The van der Waals surface area contributed by atoms with Crippen molar-refractivity contribution < 1.29 is 9.47 Å². The molecule has 4 heterocycles. The maximum atomic E-state index is 13.1. The molecule has 3 aromatic heterocycles. The van der Waals surface area contributed by atoms with Gasteiger partial charge in [-0.05, 0) is 49.4 Å². The van der Waals surface area contributed by atoms with Gasteiger partial charge in [0.15, 0.2) is 0 Å². The van der Waals surface area contributed by atoms with Gasteiger partial charge in [-0.2, -0.15) is 0 Å². The number of hydrogen-bond acceptors (Lipinski definition) is 8. The van der Waals surface area contributed by atoms with E-state index in [1.807, 2.05) is 30.3 Å². The zero-order valence-electron chi connectivity index (χ0n) is 26.3. The van der Waals surface area contributed by atoms with E-state index in [9.17, 15) is 9.59 Å². The number of methoxy groups -OCH3 is 1. The topological polar surface area (TPSA) is 112 Å². The Morgan fingerprint density at radius 2 is 1.66 bits per heavy atom. The zero-order valence-corrected chi connectivity index (χ0v) is 27.8. The molecule has 0 amide bonds. The molecule has 1 aliphatic heterocycles. The van der Waals surface area contributed by atoms with Crippen LogP contribution in [0.4, 0.5) is 11.5 Å². The van der Waals surface area contributed by atoms with Crippen molar-refractivity contribution in [2.45, 2.75) is 37.8 Å². The average Bonchev–Trinajstić information content (AvgIpc) is 3.50. The quantitative estimate of drug-likeness (QED) is 0.211. The minimum absolute atomic E-state index is 0.182. The molecule has 0 bridgehead atoms. The molecule has 1 aliphatic carbocycles. The van der Waals surface area contributed by atoms with Gasteiger partial charge in [0.05, 0.1) is 34.1 Å². The number of fused-ring (bicyclic) bond motifs is 2. The van der Waals surface area contributed by atoms with E-state index in [2.05, 4.69) is 21.7 Å². The summed E-state index contributed by atoms with van der Waals surface area (Å²) in [4.78, 5) is 35.0. The van der Waals surface area contributed by atoms with Crippen LogP contribution in [0, 0.1) is 0 Å². The Labute approximate surface area is 281 Å². The number of pyridine rings is 2. The molecule has 1 atom stereocenters. The van der Waals surface area contributed by atoms with Crippen molar-refractivity contribution >= 4 is 45.6 Å². The van der Waals surface area contributed by atoms with Crippen LogP contribution in [0.3, 0.4) is 0 Å². The van der Waals surface area contributed by atoms with Crippen LogP contribution >= 0.6 is 23.2 Å². The fraction of sp³-hybridized carbons (Fsp3) is 0.314. The minimum atomic E-state index is -0.454. The van der Waals surface area contributed by atoms with Crippen molar-refractivity contribution in [2.24, 2.45) is 14.1 Å². The standard InChI is InChI=1S/C35H34Cl2N6O4/c1-42-27-12-15-38-32(29(27)34(44)43(2)35(42)45)40-25-9-5-7-22(31(25)37)21-6-4-8-23(30(21)36)26-18-19-10-11-24(28(19)33(41-26)46-3)39-20-13-16-47-17-14-20/h4-9,12,15,18,20,24,39H,10-11,13-14,16-17H2,1-3H3,(H,38,40). The molecule has 1 fully saturated rings. The molecule has 10 nitrogen and oxygen atoms in total. The molecule has 0 radical (unpaired) electrons. The summed E-state index contributed by atoms with van der Waals surface area (Å²) in [7, 11) is 4.72. The van der Waals surface area contributed by atoms with Crippen LogP contribution in [0.5, 0.6) is 5.88 Å². The molecule has 2 aliphatic rings. The molecule has 242 valence electrons. The normalized spacial score (nSPS) is 16.4. The van der Waals surface area contributed by atoms with E-state index in [0.29, 0.717) is 38.7 Å². The molecule has 47 heavy (non-hydrogen) atoms. The number of anilines is 2. The first-order chi connectivity index (χ1) is 22.8. The number of nitrogens with one attached hydrogen (secondary N) is 2. The Hall–Kier alpha value is -4.22. The number of nitrogens with zero attached hydrogens (tertiary/aromatic N) is 4. The van der Waals surface area contributed by atoms with Crippen LogP contribution in [0.1, 0.15) is 36.4 Å². The fourth-order valence-corrected chi connectivity index (χ4v) is 7.34. The lowest BCUT2D eigenvalue weighted by molar-refractivity contribution is 0.0748. The summed E-state index contributed by atoms with van der Waals surface area (Å²) in [5.41, 5.74) is 5.35. The van der Waals surface area contributed by atoms with E-state index in [-0.39, 0.29) is 17.2 Å². The number of hydrogen-bond donors (Lipinski definition) is 2. The molecular formula is C35H34Cl2N6O4. The predicted molar refractivity (Wildman–Crippen MR) is 185 cm³/mol. The summed E-state index contributed by atoms with van der Waals surface area (Å²) in [5, 5.41) is 8.22. The SMILES string of the molecule is COc1nc(-c2cccc(-c3cccc(Nc4nccc5c4c(=O)n(C)c(=O)n5C)c3Cl)c2Cl)cc2c1C(NC1CCOCC1)CC2. The number of aryl methyl sites for hydroxylation is 2. The lowest BCUT2D eigenvalue weighted by Gasteiger charge is -2.27. The second kappa shape index (κ2) is 12.8. The van der Waals surface area contributed by atoms with Gasteiger partial charge in [-0.15, -0.1) is 0 Å². The zero-order chi connectivity index (χ0) is 32.8. The number of halogens is 2. The summed E-state index contributed by atoms with van der Waals surface area (Å²) < 4.78 is 13.9. The first-order valence-electron chi connectivity index (χ1n) is 15.6. The highest BCUT2D eigenvalue weighted by molar-refractivity contribution is 6.39. The van der Waals surface area contributed by atoms with Crippen LogP contribution in [0.15, 0.2) is 64.3 Å². The second-order valence-electron chi connectivity index (χ2n) is 12.0. The maximum absolute atomic E-state index is 13.1. The molecule has 0 spiro atoms. The highest BCUT2D eigenvalue weighted by Crippen LogP contribution is 2.44. The molecule has 12 heteroatoms. The molecule has 1 unspecified atom stereocenters. The molecule has 2 N–H and O–H groups in total. The van der Waals surface area contributed by atoms with Crippen molar-refractivity contribution in [1.29, 1.82) is 0 Å². The monoisotopic (exact) mass is 672 g/mol. The summed E-state index contributed by atoms with van der Waals surface area (Å²) >= 11 is 14.2. The number of rotatable bonds is 7. The van der Waals surface area contributed by atoms with Crippen molar-refractivity contribution in [3.8, 4) is 28.3 Å².